The summed E-state index contributed by atoms with van der Waals surface area (Å²) in [6.07, 6.45) is 2.16. The van der Waals surface area contributed by atoms with Gasteiger partial charge in [0.15, 0.2) is 0 Å². The van der Waals surface area contributed by atoms with E-state index in [2.05, 4.69) is 208 Å². The molecule has 0 aliphatic carbocycles. The van der Waals surface area contributed by atoms with Crippen molar-refractivity contribution >= 4 is 71.2 Å². The van der Waals surface area contributed by atoms with Crippen LogP contribution in [0, 0.1) is 0 Å². The maximum Gasteiger partial charge on any atom is 0.136 e. The van der Waals surface area contributed by atoms with E-state index in [-0.39, 0.29) is 12.2 Å². The molecular formula is C52H36N4O. The summed E-state index contributed by atoms with van der Waals surface area (Å²) in [7, 11) is 0. The van der Waals surface area contributed by atoms with E-state index in [0.717, 1.165) is 66.6 Å². The van der Waals surface area contributed by atoms with Crippen LogP contribution in [0.5, 0.6) is 0 Å². The van der Waals surface area contributed by atoms with Crippen molar-refractivity contribution in [1.82, 2.24) is 19.8 Å². The van der Waals surface area contributed by atoms with E-state index >= 15 is 0 Å². The molecule has 8 aromatic carbocycles. The van der Waals surface area contributed by atoms with E-state index < -0.39 is 0 Å². The molecule has 0 saturated heterocycles. The zero-order chi connectivity index (χ0) is 37.5. The maximum atomic E-state index is 6.50. The molecule has 2 unspecified atom stereocenters. The van der Waals surface area contributed by atoms with E-state index in [1.54, 1.807) is 0 Å². The number of benzene rings is 8. The standard InChI is InChI=1S/C52H36N4O/c1-4-15-33(16-5-1)44-31-45(34-17-6-2-7-18-34)54-52(53-44)35-19-14-22-37(27-35)56-47-29-43-39-24-11-13-26-50(39)57-51(43)30-42(47)41-28-40-38-23-10-12-25-46(38)55(48(40)32-49(41)56)36-20-8-3-9-21-36/h1-32,44,52-54H. The van der Waals surface area contributed by atoms with E-state index in [1.807, 2.05) is 6.07 Å². The van der Waals surface area contributed by atoms with E-state index in [0.29, 0.717) is 0 Å². The molecule has 5 nitrogen and oxygen atoms in total. The SMILES string of the molecule is C1=C(c2ccccc2)NC(c2cccc(-n3c4cc5c(cc4c4cc6c7ccccc7n(-c7ccccc7)c6cc43)oc3ccccc35)c2)NC1c1ccccc1. The van der Waals surface area contributed by atoms with Gasteiger partial charge < -0.3 is 18.9 Å². The summed E-state index contributed by atoms with van der Waals surface area (Å²) in [5, 5.41) is 14.8. The third-order valence-electron chi connectivity index (χ3n) is 11.8. The fourth-order valence-corrected chi connectivity index (χ4v) is 9.14. The quantitative estimate of drug-likeness (QED) is 0.185. The minimum absolute atomic E-state index is 0.0281. The molecule has 0 saturated carbocycles. The Hall–Kier alpha value is -7.34. The number of nitrogens with zero attached hydrogens (tertiary/aromatic N) is 2. The summed E-state index contributed by atoms with van der Waals surface area (Å²) in [6, 6.07) is 67.5. The number of hydrogen-bond acceptors (Lipinski definition) is 3. The van der Waals surface area contributed by atoms with Crippen molar-refractivity contribution in [3.63, 3.8) is 0 Å². The largest absolute Gasteiger partial charge is 0.456 e. The predicted molar refractivity (Wildman–Crippen MR) is 235 cm³/mol. The summed E-state index contributed by atoms with van der Waals surface area (Å²) in [5.41, 5.74) is 13.3. The Morgan fingerprint density at radius 3 is 1.84 bits per heavy atom. The van der Waals surface area contributed by atoms with Crippen LogP contribution < -0.4 is 10.6 Å². The Bertz CT molecular complexity index is 3360. The van der Waals surface area contributed by atoms with Crippen molar-refractivity contribution in [3.8, 4) is 11.4 Å². The second-order valence-electron chi connectivity index (χ2n) is 15.0. The summed E-state index contributed by atoms with van der Waals surface area (Å²) in [6.45, 7) is 0. The van der Waals surface area contributed by atoms with Crippen LogP contribution in [0.3, 0.4) is 0 Å². The normalized spacial score (nSPS) is 15.9. The van der Waals surface area contributed by atoms with Gasteiger partial charge in [0.2, 0.25) is 0 Å². The van der Waals surface area contributed by atoms with Gasteiger partial charge in [0.25, 0.3) is 0 Å². The number of fused-ring (bicyclic) bond motifs is 9. The lowest BCUT2D eigenvalue weighted by atomic mass is 9.98. The fourth-order valence-electron chi connectivity index (χ4n) is 9.14. The molecule has 1 aliphatic heterocycles. The smallest absolute Gasteiger partial charge is 0.136 e. The number of hydrogen-bond donors (Lipinski definition) is 2. The first-order chi connectivity index (χ1) is 28.2. The molecule has 0 bridgehead atoms. The Labute approximate surface area is 328 Å². The summed E-state index contributed by atoms with van der Waals surface area (Å²) < 4.78 is 11.4. The number of rotatable bonds is 5. The molecule has 4 heterocycles. The average molecular weight is 733 g/mol. The van der Waals surface area contributed by atoms with Gasteiger partial charge in [0, 0.05) is 49.4 Å². The average Bonchev–Trinajstić information content (AvgIpc) is 3.92. The van der Waals surface area contributed by atoms with E-state index in [9.17, 15) is 0 Å². The van der Waals surface area contributed by atoms with Crippen LogP contribution in [0.15, 0.2) is 199 Å². The van der Waals surface area contributed by atoms with Gasteiger partial charge in [-0.2, -0.15) is 0 Å². The lowest BCUT2D eigenvalue weighted by molar-refractivity contribution is 0.442. The van der Waals surface area contributed by atoms with Gasteiger partial charge in [-0.1, -0.05) is 127 Å². The highest BCUT2D eigenvalue weighted by Gasteiger charge is 2.26. The molecule has 2 N–H and O–H groups in total. The highest BCUT2D eigenvalue weighted by atomic mass is 16.3. The Morgan fingerprint density at radius 2 is 1.02 bits per heavy atom. The van der Waals surface area contributed by atoms with Crippen LogP contribution in [0.2, 0.25) is 0 Å². The van der Waals surface area contributed by atoms with Crippen molar-refractivity contribution < 1.29 is 4.42 Å². The van der Waals surface area contributed by atoms with Crippen LogP contribution >= 0.6 is 0 Å². The first kappa shape index (κ1) is 32.0. The molecular weight excluding hydrogens is 697 g/mol. The minimum Gasteiger partial charge on any atom is -0.456 e. The second-order valence-corrected chi connectivity index (χ2v) is 15.0. The number of furan rings is 1. The molecule has 1 aliphatic rings. The molecule has 270 valence electrons. The monoisotopic (exact) mass is 732 g/mol. The van der Waals surface area contributed by atoms with E-state index in [1.165, 1.54) is 32.8 Å². The summed E-state index contributed by atoms with van der Waals surface area (Å²) in [4.78, 5) is 0. The van der Waals surface area contributed by atoms with Crippen molar-refractivity contribution in [2.75, 3.05) is 0 Å². The highest BCUT2D eigenvalue weighted by Crippen LogP contribution is 2.42. The molecule has 11 aromatic rings. The molecule has 12 rings (SSSR count). The van der Waals surface area contributed by atoms with Gasteiger partial charge in [0.05, 0.1) is 28.1 Å². The molecule has 3 aromatic heterocycles. The summed E-state index contributed by atoms with van der Waals surface area (Å²) >= 11 is 0. The van der Waals surface area contributed by atoms with Gasteiger partial charge in [-0.15, -0.1) is 0 Å². The Balaban J connectivity index is 1.11. The highest BCUT2D eigenvalue weighted by molar-refractivity contribution is 6.22. The number of para-hydroxylation sites is 3. The molecule has 2 atom stereocenters. The van der Waals surface area contributed by atoms with Crippen LogP contribution in [0.1, 0.15) is 28.9 Å². The fraction of sp³-hybridized carbons (Fsp3) is 0.0385. The van der Waals surface area contributed by atoms with E-state index in [4.69, 9.17) is 4.42 Å². The van der Waals surface area contributed by atoms with Gasteiger partial charge in [-0.3, -0.25) is 5.32 Å². The van der Waals surface area contributed by atoms with Gasteiger partial charge in [-0.25, -0.2) is 0 Å². The van der Waals surface area contributed by atoms with Crippen molar-refractivity contribution in [2.24, 2.45) is 0 Å². The third kappa shape index (κ3) is 5.06. The zero-order valence-electron chi connectivity index (χ0n) is 30.9. The Morgan fingerprint density at radius 1 is 0.404 bits per heavy atom. The minimum atomic E-state index is -0.139. The molecule has 0 amide bonds. The second kappa shape index (κ2) is 12.6. The molecule has 5 heteroatoms. The van der Waals surface area contributed by atoms with Crippen molar-refractivity contribution in [3.05, 3.63) is 211 Å². The van der Waals surface area contributed by atoms with Crippen molar-refractivity contribution in [1.29, 1.82) is 0 Å². The van der Waals surface area contributed by atoms with Crippen LogP contribution in [-0.4, -0.2) is 9.13 Å². The first-order valence-electron chi connectivity index (χ1n) is 19.6. The third-order valence-corrected chi connectivity index (χ3v) is 11.8. The summed E-state index contributed by atoms with van der Waals surface area (Å²) in [5.74, 6) is 0. The molecule has 0 fully saturated rings. The zero-order valence-corrected chi connectivity index (χ0v) is 30.9. The lowest BCUT2D eigenvalue weighted by Gasteiger charge is -2.33. The molecule has 0 radical (unpaired) electrons. The van der Waals surface area contributed by atoms with Crippen LogP contribution in [0.4, 0.5) is 0 Å². The molecule has 0 spiro atoms. The number of nitrogens with one attached hydrogen (secondary N) is 2. The van der Waals surface area contributed by atoms with Crippen LogP contribution in [0.25, 0.3) is 82.6 Å². The Kier molecular flexibility index (Phi) is 7.06. The topological polar surface area (TPSA) is 47.1 Å². The maximum absolute atomic E-state index is 6.50. The predicted octanol–water partition coefficient (Wildman–Crippen LogP) is 12.8. The number of aromatic nitrogens is 2. The first-order valence-corrected chi connectivity index (χ1v) is 19.6. The van der Waals surface area contributed by atoms with Crippen molar-refractivity contribution in [2.45, 2.75) is 12.2 Å². The lowest BCUT2D eigenvalue weighted by Crippen LogP contribution is -2.39. The van der Waals surface area contributed by atoms with Crippen LogP contribution in [-0.2, 0) is 0 Å². The molecule has 57 heavy (non-hydrogen) atoms. The van der Waals surface area contributed by atoms with Gasteiger partial charge in [0.1, 0.15) is 17.3 Å². The van der Waals surface area contributed by atoms with Gasteiger partial charge >= 0.3 is 0 Å². The van der Waals surface area contributed by atoms with Gasteiger partial charge in [-0.05, 0) is 83.4 Å².